The summed E-state index contributed by atoms with van der Waals surface area (Å²) >= 11 is 0. The molecule has 0 radical (unpaired) electrons. The Morgan fingerprint density at radius 1 is 0.643 bits per heavy atom. The van der Waals surface area contributed by atoms with Crippen LogP contribution in [0.2, 0.25) is 0 Å². The van der Waals surface area contributed by atoms with E-state index in [0.717, 1.165) is 0 Å². The van der Waals surface area contributed by atoms with Crippen molar-refractivity contribution in [2.45, 2.75) is 0 Å². The lowest BCUT2D eigenvalue weighted by Crippen LogP contribution is -3.00. The zero-order valence-corrected chi connectivity index (χ0v) is 10.5. The summed E-state index contributed by atoms with van der Waals surface area (Å²) in [6, 6.07) is 8.48. The smallest absolute Gasteiger partial charge is 0.0362 e. The van der Waals surface area contributed by atoms with Gasteiger partial charge in [0, 0.05) is 39.6 Å². The van der Waals surface area contributed by atoms with Crippen molar-refractivity contribution in [2.24, 2.45) is 0 Å². The maximum Gasteiger partial charge on any atom is 0.0362 e. The van der Waals surface area contributed by atoms with Gasteiger partial charge in [0.05, 0.1) is 0 Å². The van der Waals surface area contributed by atoms with Crippen LogP contribution in [-0.2, 0) is 0 Å². The molecule has 0 saturated heterocycles. The van der Waals surface area contributed by atoms with E-state index in [0.29, 0.717) is 0 Å². The largest absolute Gasteiger partial charge is 1.00 e. The van der Waals surface area contributed by atoms with Crippen LogP contribution in [-0.4, -0.2) is 28.2 Å². The van der Waals surface area contributed by atoms with Gasteiger partial charge in [-0.05, 0) is 24.3 Å². The summed E-state index contributed by atoms with van der Waals surface area (Å²) in [5.41, 5.74) is 2.47. The molecule has 0 aliphatic heterocycles. The third-order valence-electron chi connectivity index (χ3n) is 1.88. The lowest BCUT2D eigenvalue weighted by Gasteiger charge is -2.16. The van der Waals surface area contributed by atoms with Gasteiger partial charge in [-0.2, -0.15) is 0 Å². The Morgan fingerprint density at radius 2 is 0.857 bits per heavy atom. The van der Waals surface area contributed by atoms with Crippen LogP contribution in [0.5, 0.6) is 0 Å². The summed E-state index contributed by atoms with van der Waals surface area (Å²) in [6.45, 7) is 0. The number of nitrogens with zero attached hydrogens (tertiary/aromatic N) is 2. The monoisotopic (exact) mass is 234 g/mol. The number of rotatable bonds is 2. The first kappa shape index (κ1) is 15.9. The first-order chi connectivity index (χ1) is 5.61. The second-order valence-electron chi connectivity index (χ2n) is 3.31. The molecule has 2 nitrogen and oxygen atoms in total. The van der Waals surface area contributed by atoms with Gasteiger partial charge in [0.15, 0.2) is 0 Å². The summed E-state index contributed by atoms with van der Waals surface area (Å²) in [7, 11) is 8.19. The van der Waals surface area contributed by atoms with Gasteiger partial charge in [-0.25, -0.2) is 0 Å². The summed E-state index contributed by atoms with van der Waals surface area (Å²) in [5, 5.41) is 0. The predicted molar refractivity (Wildman–Crippen MR) is 55.1 cm³/mol. The van der Waals surface area contributed by atoms with Crippen LogP contribution in [0.25, 0.3) is 0 Å². The Morgan fingerprint density at radius 3 is 1.00 bits per heavy atom. The standard InChI is InChI=1S/C10H16N2.2ClH/c1-11(2)9-5-7-10(8-6-9)12(3)4;;/h5-8H,1-4H3;2*1H/p-2. The van der Waals surface area contributed by atoms with Crippen LogP contribution in [0, 0.1) is 0 Å². The predicted octanol–water partition coefficient (Wildman–Crippen LogP) is -4.17. The highest BCUT2D eigenvalue weighted by molar-refractivity contribution is 5.54. The van der Waals surface area contributed by atoms with Gasteiger partial charge in [0.1, 0.15) is 0 Å². The van der Waals surface area contributed by atoms with Crippen molar-refractivity contribution < 1.29 is 24.8 Å². The highest BCUT2D eigenvalue weighted by Crippen LogP contribution is 2.16. The molecule has 4 heteroatoms. The van der Waals surface area contributed by atoms with E-state index < -0.39 is 0 Å². The first-order valence-corrected chi connectivity index (χ1v) is 4.06. The van der Waals surface area contributed by atoms with Crippen molar-refractivity contribution in [3.05, 3.63) is 24.3 Å². The van der Waals surface area contributed by atoms with E-state index in [4.69, 9.17) is 0 Å². The highest BCUT2D eigenvalue weighted by Gasteiger charge is 1.96. The molecule has 0 aliphatic rings. The summed E-state index contributed by atoms with van der Waals surface area (Å²) in [6.07, 6.45) is 0. The van der Waals surface area contributed by atoms with Gasteiger partial charge in [0.25, 0.3) is 0 Å². The average Bonchev–Trinajstić information content (AvgIpc) is 2.04. The molecule has 14 heavy (non-hydrogen) atoms. The van der Waals surface area contributed by atoms with E-state index in [-0.39, 0.29) is 24.8 Å². The zero-order chi connectivity index (χ0) is 9.14. The van der Waals surface area contributed by atoms with Gasteiger partial charge in [-0.15, -0.1) is 0 Å². The molecule has 0 bridgehead atoms. The van der Waals surface area contributed by atoms with E-state index in [9.17, 15) is 0 Å². The van der Waals surface area contributed by atoms with Gasteiger partial charge in [-0.1, -0.05) is 0 Å². The van der Waals surface area contributed by atoms with E-state index in [2.05, 4.69) is 34.1 Å². The Hall–Kier alpha value is -0.600. The fraction of sp³-hybridized carbons (Fsp3) is 0.400. The van der Waals surface area contributed by atoms with E-state index >= 15 is 0 Å². The van der Waals surface area contributed by atoms with Gasteiger partial charge in [0.2, 0.25) is 0 Å². The molecular weight excluding hydrogens is 219 g/mol. The zero-order valence-electron chi connectivity index (χ0n) is 8.96. The van der Waals surface area contributed by atoms with Gasteiger partial charge in [-0.3, -0.25) is 0 Å². The molecule has 0 aliphatic carbocycles. The minimum absolute atomic E-state index is 0. The normalized spacial score (nSPS) is 8.29. The van der Waals surface area contributed by atoms with E-state index in [1.54, 1.807) is 0 Å². The van der Waals surface area contributed by atoms with E-state index in [1.165, 1.54) is 11.4 Å². The number of halogens is 2. The third-order valence-corrected chi connectivity index (χ3v) is 1.88. The van der Waals surface area contributed by atoms with Crippen LogP contribution in [0.15, 0.2) is 24.3 Å². The molecule has 0 heterocycles. The SMILES string of the molecule is CN(C)c1ccc(N(C)C)cc1.[Cl-].[Cl-]. The topological polar surface area (TPSA) is 6.48 Å². The molecule has 82 valence electrons. The summed E-state index contributed by atoms with van der Waals surface area (Å²) < 4.78 is 0. The highest BCUT2D eigenvalue weighted by atomic mass is 35.5. The Labute approximate surface area is 98.7 Å². The molecule has 0 spiro atoms. The Balaban J connectivity index is 0. The van der Waals surface area contributed by atoms with Crippen LogP contribution < -0.4 is 34.6 Å². The second-order valence-corrected chi connectivity index (χ2v) is 3.31. The molecule has 0 aromatic heterocycles. The van der Waals surface area contributed by atoms with Crippen LogP contribution in [0.4, 0.5) is 11.4 Å². The van der Waals surface area contributed by atoms with Crippen molar-refractivity contribution in [3.63, 3.8) is 0 Å². The number of hydrogen-bond acceptors (Lipinski definition) is 2. The summed E-state index contributed by atoms with van der Waals surface area (Å²) in [4.78, 5) is 4.19. The molecule has 0 amide bonds. The summed E-state index contributed by atoms with van der Waals surface area (Å²) in [5.74, 6) is 0. The first-order valence-electron chi connectivity index (χ1n) is 4.06. The molecule has 0 atom stereocenters. The molecule has 1 rings (SSSR count). The maximum atomic E-state index is 2.12. The Kier molecular flexibility index (Phi) is 7.69. The molecule has 0 fully saturated rings. The maximum absolute atomic E-state index is 2.12. The van der Waals surface area contributed by atoms with Crippen LogP contribution >= 0.6 is 0 Å². The van der Waals surface area contributed by atoms with Gasteiger partial charge >= 0.3 is 0 Å². The number of anilines is 2. The molecular formula is C10H16Cl2N2-2. The fourth-order valence-electron chi connectivity index (χ4n) is 1.05. The Bertz CT molecular complexity index is 218. The van der Waals surface area contributed by atoms with Crippen molar-refractivity contribution in [1.82, 2.24) is 0 Å². The fourth-order valence-corrected chi connectivity index (χ4v) is 1.05. The average molecular weight is 235 g/mol. The van der Waals surface area contributed by atoms with Gasteiger partial charge < -0.3 is 34.6 Å². The molecule has 1 aromatic carbocycles. The molecule has 0 unspecified atom stereocenters. The minimum atomic E-state index is 0. The van der Waals surface area contributed by atoms with Crippen molar-refractivity contribution >= 4 is 11.4 Å². The third kappa shape index (κ3) is 4.07. The van der Waals surface area contributed by atoms with Crippen molar-refractivity contribution in [3.8, 4) is 0 Å². The molecule has 0 saturated carbocycles. The minimum Gasteiger partial charge on any atom is -1.00 e. The van der Waals surface area contributed by atoms with Crippen LogP contribution in [0.3, 0.4) is 0 Å². The number of hydrogen-bond donors (Lipinski definition) is 0. The lowest BCUT2D eigenvalue weighted by atomic mass is 10.2. The van der Waals surface area contributed by atoms with Crippen molar-refractivity contribution in [2.75, 3.05) is 38.0 Å². The van der Waals surface area contributed by atoms with E-state index in [1.807, 2.05) is 28.2 Å². The lowest BCUT2D eigenvalue weighted by molar-refractivity contribution is -0.001000. The quantitative estimate of drug-likeness (QED) is 0.513. The number of benzene rings is 1. The second kappa shape index (κ2) is 6.80. The molecule has 0 N–H and O–H groups in total. The van der Waals surface area contributed by atoms with Crippen molar-refractivity contribution in [1.29, 1.82) is 0 Å². The van der Waals surface area contributed by atoms with Crippen LogP contribution in [0.1, 0.15) is 0 Å². The molecule has 1 aromatic rings.